The number of hydrogen-bond acceptors (Lipinski definition) is 5. The fourth-order valence-corrected chi connectivity index (χ4v) is 1.89. The van der Waals surface area contributed by atoms with E-state index in [0.29, 0.717) is 6.07 Å². The Bertz CT molecular complexity index is 651. The molecule has 1 aromatic carbocycles. The van der Waals surface area contributed by atoms with Crippen molar-refractivity contribution in [3.05, 3.63) is 28.8 Å². The highest BCUT2D eigenvalue weighted by Gasteiger charge is 2.37. The fraction of sp³-hybridized carbons (Fsp3) is 0.200. The molecule has 0 aliphatic heterocycles. The van der Waals surface area contributed by atoms with Gasteiger partial charge in [-0.25, -0.2) is 0 Å². The lowest BCUT2D eigenvalue weighted by Crippen LogP contribution is -2.08. The summed E-state index contributed by atoms with van der Waals surface area (Å²) in [6.45, 7) is 0. The number of anilines is 1. The van der Waals surface area contributed by atoms with Gasteiger partial charge < -0.3 is 10.5 Å². The van der Waals surface area contributed by atoms with Crippen LogP contribution in [0.5, 0.6) is 10.9 Å². The van der Waals surface area contributed by atoms with Crippen LogP contribution in [0.3, 0.4) is 0 Å². The number of alkyl halides is 6. The molecule has 0 unspecified atom stereocenters. The molecule has 0 saturated heterocycles. The number of nitrogen functional groups attached to an aromatic ring is 1. The van der Waals surface area contributed by atoms with Gasteiger partial charge in [0.05, 0.1) is 0 Å². The van der Waals surface area contributed by atoms with Crippen LogP contribution in [0.2, 0.25) is 0 Å². The van der Waals surface area contributed by atoms with Crippen LogP contribution in [0.4, 0.5) is 32.0 Å². The summed E-state index contributed by atoms with van der Waals surface area (Å²) >= 11 is -0.00986. The summed E-state index contributed by atoms with van der Waals surface area (Å²) in [7, 11) is 0. The first kappa shape index (κ1) is 15.4. The van der Waals surface area contributed by atoms with Crippen molar-refractivity contribution in [1.29, 1.82) is 0 Å². The molecule has 1 aromatic heterocycles. The lowest BCUT2D eigenvalue weighted by atomic mass is 10.1. The highest BCUT2D eigenvalue weighted by atomic mass is 32.1. The second-order valence-electron chi connectivity index (χ2n) is 3.73. The molecule has 114 valence electrons. The van der Waals surface area contributed by atoms with E-state index in [2.05, 4.69) is 10.2 Å². The van der Waals surface area contributed by atoms with E-state index >= 15 is 0 Å². The van der Waals surface area contributed by atoms with Crippen molar-refractivity contribution in [3.63, 3.8) is 0 Å². The summed E-state index contributed by atoms with van der Waals surface area (Å²) in [5.74, 6) is -0.707. The van der Waals surface area contributed by atoms with E-state index in [1.165, 1.54) is 0 Å². The van der Waals surface area contributed by atoms with Crippen LogP contribution >= 0.6 is 11.3 Å². The SMILES string of the molecule is Nc1ccc(Oc2nnc(C(F)(F)F)s2)c(C(F)(F)F)c1. The van der Waals surface area contributed by atoms with Crippen molar-refractivity contribution in [2.45, 2.75) is 12.4 Å². The predicted molar refractivity (Wildman–Crippen MR) is 60.8 cm³/mol. The summed E-state index contributed by atoms with van der Waals surface area (Å²) in [4.78, 5) is 0. The van der Waals surface area contributed by atoms with Gasteiger partial charge >= 0.3 is 12.4 Å². The van der Waals surface area contributed by atoms with Crippen LogP contribution in [0.15, 0.2) is 18.2 Å². The second-order valence-corrected chi connectivity index (χ2v) is 4.67. The van der Waals surface area contributed by atoms with Gasteiger partial charge in [-0.3, -0.25) is 0 Å². The van der Waals surface area contributed by atoms with Gasteiger partial charge in [0.1, 0.15) is 11.3 Å². The molecule has 0 amide bonds. The summed E-state index contributed by atoms with van der Waals surface area (Å²) in [6.07, 6.45) is -9.52. The normalized spacial score (nSPS) is 12.5. The Morgan fingerprint density at radius 2 is 1.67 bits per heavy atom. The first-order valence-electron chi connectivity index (χ1n) is 5.12. The van der Waals surface area contributed by atoms with Gasteiger partial charge in [-0.1, -0.05) is 16.4 Å². The van der Waals surface area contributed by atoms with E-state index in [1.54, 1.807) is 0 Å². The summed E-state index contributed by atoms with van der Waals surface area (Å²) < 4.78 is 80.0. The maximum atomic E-state index is 12.8. The Morgan fingerprint density at radius 1 is 1.00 bits per heavy atom. The average Bonchev–Trinajstić information content (AvgIpc) is 2.78. The number of benzene rings is 1. The summed E-state index contributed by atoms with van der Waals surface area (Å²) in [5.41, 5.74) is 3.87. The molecule has 1 heterocycles. The van der Waals surface area contributed by atoms with Gasteiger partial charge in [0.25, 0.3) is 5.19 Å². The molecule has 0 atom stereocenters. The number of halogens is 6. The maximum absolute atomic E-state index is 12.8. The van der Waals surface area contributed by atoms with Crippen LogP contribution < -0.4 is 10.5 Å². The van der Waals surface area contributed by atoms with E-state index in [0.717, 1.165) is 12.1 Å². The van der Waals surface area contributed by atoms with Crippen LogP contribution in [0.25, 0.3) is 0 Å². The number of nitrogens with zero attached hydrogens (tertiary/aromatic N) is 2. The molecule has 0 saturated carbocycles. The standard InChI is InChI=1S/C10H5F6N3OS/c11-9(12,13)5-3-4(17)1-2-6(5)20-8-19-18-7(21-8)10(14,15)16/h1-3H,17H2. The average molecular weight is 329 g/mol. The maximum Gasteiger partial charge on any atom is 0.445 e. The van der Waals surface area contributed by atoms with Gasteiger partial charge in [-0.15, -0.1) is 5.10 Å². The molecule has 2 aromatic rings. The highest BCUT2D eigenvalue weighted by Crippen LogP contribution is 2.41. The largest absolute Gasteiger partial charge is 0.445 e. The topological polar surface area (TPSA) is 61.0 Å². The van der Waals surface area contributed by atoms with Crippen LogP contribution in [0.1, 0.15) is 10.6 Å². The minimum atomic E-state index is -4.78. The Balaban J connectivity index is 2.34. The third-order valence-electron chi connectivity index (χ3n) is 2.16. The minimum absolute atomic E-state index is 0.00986. The number of aromatic nitrogens is 2. The van der Waals surface area contributed by atoms with E-state index in [1.807, 2.05) is 0 Å². The van der Waals surface area contributed by atoms with Crippen molar-refractivity contribution >= 4 is 17.0 Å². The number of nitrogens with two attached hydrogens (primary N) is 1. The van der Waals surface area contributed by atoms with E-state index < -0.39 is 33.9 Å². The van der Waals surface area contributed by atoms with E-state index in [4.69, 9.17) is 10.5 Å². The zero-order chi connectivity index (χ0) is 15.8. The zero-order valence-electron chi connectivity index (χ0n) is 9.79. The Hall–Kier alpha value is -2.04. The van der Waals surface area contributed by atoms with Crippen molar-refractivity contribution in [3.8, 4) is 10.9 Å². The summed E-state index contributed by atoms with van der Waals surface area (Å²) in [6, 6.07) is 2.63. The van der Waals surface area contributed by atoms with Crippen molar-refractivity contribution < 1.29 is 31.1 Å². The Morgan fingerprint density at radius 3 is 2.19 bits per heavy atom. The molecular formula is C10H5F6N3OS. The number of ether oxygens (including phenoxy) is 1. The quantitative estimate of drug-likeness (QED) is 0.669. The molecule has 0 spiro atoms. The number of hydrogen-bond donors (Lipinski definition) is 1. The van der Waals surface area contributed by atoms with Gasteiger partial charge in [0.2, 0.25) is 5.01 Å². The Kier molecular flexibility index (Phi) is 3.70. The van der Waals surface area contributed by atoms with Crippen LogP contribution in [0, 0.1) is 0 Å². The monoisotopic (exact) mass is 329 g/mol. The van der Waals surface area contributed by atoms with Gasteiger partial charge in [-0.2, -0.15) is 26.3 Å². The second kappa shape index (κ2) is 5.06. The molecule has 0 fully saturated rings. The lowest BCUT2D eigenvalue weighted by molar-refractivity contribution is -0.139. The Labute approximate surface area is 117 Å². The van der Waals surface area contributed by atoms with Crippen molar-refractivity contribution in [2.24, 2.45) is 0 Å². The van der Waals surface area contributed by atoms with Gasteiger partial charge in [-0.05, 0) is 18.2 Å². The minimum Gasteiger partial charge on any atom is -0.429 e. The molecule has 0 bridgehead atoms. The zero-order valence-corrected chi connectivity index (χ0v) is 10.6. The van der Waals surface area contributed by atoms with Crippen LogP contribution in [-0.2, 0) is 12.4 Å². The molecule has 21 heavy (non-hydrogen) atoms. The lowest BCUT2D eigenvalue weighted by Gasteiger charge is -2.12. The fourth-order valence-electron chi connectivity index (χ4n) is 1.32. The molecule has 2 rings (SSSR count). The predicted octanol–water partition coefficient (Wildman–Crippen LogP) is 3.95. The van der Waals surface area contributed by atoms with Crippen molar-refractivity contribution in [2.75, 3.05) is 5.73 Å². The number of rotatable bonds is 2. The first-order chi connectivity index (χ1) is 9.57. The van der Waals surface area contributed by atoms with Gasteiger partial charge in [0, 0.05) is 5.69 Å². The molecule has 11 heteroatoms. The van der Waals surface area contributed by atoms with Crippen molar-refractivity contribution in [1.82, 2.24) is 10.2 Å². The summed E-state index contributed by atoms with van der Waals surface area (Å²) in [5, 5.41) is 3.88. The third-order valence-corrected chi connectivity index (χ3v) is 3.00. The molecular weight excluding hydrogens is 324 g/mol. The van der Waals surface area contributed by atoms with Crippen LogP contribution in [-0.4, -0.2) is 10.2 Å². The van der Waals surface area contributed by atoms with Gasteiger partial charge in [0.15, 0.2) is 0 Å². The molecule has 2 N–H and O–H groups in total. The molecule has 0 aliphatic rings. The first-order valence-corrected chi connectivity index (χ1v) is 5.94. The molecule has 4 nitrogen and oxygen atoms in total. The molecule has 0 aliphatic carbocycles. The third kappa shape index (κ3) is 3.54. The molecule has 0 radical (unpaired) electrons. The smallest absolute Gasteiger partial charge is 0.429 e. The van der Waals surface area contributed by atoms with E-state index in [-0.39, 0.29) is 17.0 Å². The highest BCUT2D eigenvalue weighted by molar-refractivity contribution is 7.13. The van der Waals surface area contributed by atoms with E-state index in [9.17, 15) is 26.3 Å².